The van der Waals surface area contributed by atoms with Crippen LogP contribution in [0.25, 0.3) is 11.4 Å². The van der Waals surface area contributed by atoms with Gasteiger partial charge in [0.2, 0.25) is 4.77 Å². The summed E-state index contributed by atoms with van der Waals surface area (Å²) >= 11 is 5.54. The van der Waals surface area contributed by atoms with Crippen molar-refractivity contribution < 1.29 is 9.29 Å². The molecule has 0 saturated carbocycles. The Balaban J connectivity index is 1.74. The highest BCUT2D eigenvalue weighted by Crippen LogP contribution is 2.17. The van der Waals surface area contributed by atoms with E-state index in [2.05, 4.69) is 50.3 Å². The Bertz CT molecular complexity index is 955. The minimum absolute atomic E-state index is 0.257. The maximum absolute atomic E-state index is 13.2. The lowest BCUT2D eigenvalue weighted by atomic mass is 10.0. The van der Waals surface area contributed by atoms with E-state index < -0.39 is 0 Å². The highest BCUT2D eigenvalue weighted by molar-refractivity contribution is 7.71. The van der Waals surface area contributed by atoms with Crippen LogP contribution in [0.15, 0.2) is 48.5 Å². The Morgan fingerprint density at radius 3 is 2.30 bits per heavy atom. The van der Waals surface area contributed by atoms with Gasteiger partial charge < -0.3 is 9.47 Å². The quantitative estimate of drug-likeness (QED) is 0.657. The lowest BCUT2D eigenvalue weighted by Gasteiger charge is -2.14. The summed E-state index contributed by atoms with van der Waals surface area (Å²) in [5.41, 5.74) is 3.50. The molecule has 0 radical (unpaired) electrons. The molecular formula is C21H26FN4S+. The molecule has 27 heavy (non-hydrogen) atoms. The van der Waals surface area contributed by atoms with Crippen LogP contribution in [0, 0.1) is 10.6 Å². The van der Waals surface area contributed by atoms with E-state index in [0.29, 0.717) is 17.4 Å². The molecule has 3 rings (SSSR count). The van der Waals surface area contributed by atoms with Gasteiger partial charge in [-0.15, -0.1) is 5.10 Å². The first-order valence-electron chi connectivity index (χ1n) is 9.15. The summed E-state index contributed by atoms with van der Waals surface area (Å²) in [5.74, 6) is 1.03. The standard InChI is InChI=1S/C21H25FN4S/c1-15(2)17-7-5-16(6-8-17)13-24(3)14-26-21(27)25(4)20(23-26)18-9-11-19(22)12-10-18/h5-12,15H,13-14H2,1-4H3/p+1. The second-order valence-electron chi connectivity index (χ2n) is 7.36. The molecule has 1 N–H and O–H groups in total. The fraction of sp³-hybridized carbons (Fsp3) is 0.333. The predicted molar refractivity (Wildman–Crippen MR) is 109 cm³/mol. The molecule has 3 aromatic rings. The Morgan fingerprint density at radius 2 is 1.70 bits per heavy atom. The lowest BCUT2D eigenvalue weighted by Crippen LogP contribution is -3.07. The van der Waals surface area contributed by atoms with Gasteiger partial charge in [-0.05, 0) is 48.0 Å². The molecule has 1 unspecified atom stereocenters. The Hall–Kier alpha value is -2.31. The minimum atomic E-state index is -0.257. The molecule has 0 amide bonds. The van der Waals surface area contributed by atoms with Gasteiger partial charge in [-0.2, -0.15) is 4.68 Å². The van der Waals surface area contributed by atoms with Gasteiger partial charge in [0.15, 0.2) is 12.5 Å². The number of hydrogen-bond acceptors (Lipinski definition) is 2. The first-order valence-corrected chi connectivity index (χ1v) is 9.56. The summed E-state index contributed by atoms with van der Waals surface area (Å²) in [6.07, 6.45) is 0. The average molecular weight is 386 g/mol. The van der Waals surface area contributed by atoms with Gasteiger partial charge in [0.1, 0.15) is 12.4 Å². The second-order valence-corrected chi connectivity index (χ2v) is 7.73. The van der Waals surface area contributed by atoms with E-state index in [1.54, 1.807) is 12.1 Å². The normalized spacial score (nSPS) is 12.5. The smallest absolute Gasteiger partial charge is 0.202 e. The summed E-state index contributed by atoms with van der Waals surface area (Å²) in [6, 6.07) is 15.1. The van der Waals surface area contributed by atoms with Crippen LogP contribution in [-0.4, -0.2) is 21.4 Å². The third kappa shape index (κ3) is 4.51. The van der Waals surface area contributed by atoms with Crippen molar-refractivity contribution in [2.75, 3.05) is 7.05 Å². The molecular weight excluding hydrogens is 359 g/mol. The maximum atomic E-state index is 13.2. The number of aromatic nitrogens is 3. The van der Waals surface area contributed by atoms with Crippen LogP contribution >= 0.6 is 12.2 Å². The zero-order chi connectivity index (χ0) is 19.6. The van der Waals surface area contributed by atoms with Gasteiger partial charge in [-0.1, -0.05) is 38.1 Å². The number of hydrogen-bond donors (Lipinski definition) is 1. The minimum Gasteiger partial charge on any atom is -0.315 e. The Morgan fingerprint density at radius 1 is 1.07 bits per heavy atom. The Labute approximate surface area is 164 Å². The lowest BCUT2D eigenvalue weighted by molar-refractivity contribution is -0.917. The summed E-state index contributed by atoms with van der Waals surface area (Å²) in [6.45, 7) is 5.96. The van der Waals surface area contributed by atoms with E-state index in [0.717, 1.165) is 17.9 Å². The van der Waals surface area contributed by atoms with Crippen LogP contribution in [0.3, 0.4) is 0 Å². The zero-order valence-corrected chi connectivity index (χ0v) is 17.1. The topological polar surface area (TPSA) is 27.2 Å². The highest BCUT2D eigenvalue weighted by Gasteiger charge is 2.13. The van der Waals surface area contributed by atoms with Crippen LogP contribution in [0.2, 0.25) is 0 Å². The van der Waals surface area contributed by atoms with Crippen molar-refractivity contribution in [3.8, 4) is 11.4 Å². The summed E-state index contributed by atoms with van der Waals surface area (Å²) in [5, 5.41) is 4.66. The molecule has 4 nitrogen and oxygen atoms in total. The second kappa shape index (κ2) is 8.15. The number of quaternary nitrogens is 1. The van der Waals surface area contributed by atoms with Crippen molar-refractivity contribution in [3.05, 3.63) is 70.2 Å². The largest absolute Gasteiger partial charge is 0.315 e. The molecule has 0 bridgehead atoms. The van der Waals surface area contributed by atoms with Gasteiger partial charge in [0, 0.05) is 18.2 Å². The van der Waals surface area contributed by atoms with Gasteiger partial charge in [0.25, 0.3) is 0 Å². The highest BCUT2D eigenvalue weighted by atomic mass is 32.1. The van der Waals surface area contributed by atoms with Crippen LogP contribution in [0.4, 0.5) is 4.39 Å². The third-order valence-corrected chi connectivity index (χ3v) is 5.20. The van der Waals surface area contributed by atoms with E-state index in [1.165, 1.54) is 28.2 Å². The van der Waals surface area contributed by atoms with Crippen molar-refractivity contribution in [1.82, 2.24) is 14.3 Å². The van der Waals surface area contributed by atoms with Crippen molar-refractivity contribution in [1.29, 1.82) is 0 Å². The maximum Gasteiger partial charge on any atom is 0.202 e. The number of nitrogens with one attached hydrogen (secondary N) is 1. The molecule has 0 fully saturated rings. The average Bonchev–Trinajstić information content (AvgIpc) is 2.91. The molecule has 2 aromatic carbocycles. The molecule has 0 aliphatic rings. The van der Waals surface area contributed by atoms with Gasteiger partial charge >= 0.3 is 0 Å². The van der Waals surface area contributed by atoms with Crippen molar-refractivity contribution in [2.45, 2.75) is 33.0 Å². The van der Waals surface area contributed by atoms with E-state index in [4.69, 9.17) is 12.2 Å². The van der Waals surface area contributed by atoms with E-state index in [-0.39, 0.29) is 5.82 Å². The number of benzene rings is 2. The van der Waals surface area contributed by atoms with E-state index in [9.17, 15) is 4.39 Å². The van der Waals surface area contributed by atoms with E-state index in [1.807, 2.05) is 16.3 Å². The number of nitrogens with zero attached hydrogens (tertiary/aromatic N) is 3. The summed E-state index contributed by atoms with van der Waals surface area (Å²) < 4.78 is 17.5. The van der Waals surface area contributed by atoms with Crippen LogP contribution in [0.1, 0.15) is 30.9 Å². The first-order chi connectivity index (χ1) is 12.8. The van der Waals surface area contributed by atoms with Crippen LogP contribution in [-0.2, 0) is 20.3 Å². The van der Waals surface area contributed by atoms with Gasteiger partial charge in [-0.3, -0.25) is 0 Å². The summed E-state index contributed by atoms with van der Waals surface area (Å²) in [4.78, 5) is 1.28. The molecule has 0 saturated heterocycles. The Kier molecular flexibility index (Phi) is 5.87. The number of halogens is 1. The molecule has 1 heterocycles. The fourth-order valence-corrected chi connectivity index (χ4v) is 3.31. The van der Waals surface area contributed by atoms with Crippen LogP contribution in [0.5, 0.6) is 0 Å². The SMILES string of the molecule is CC(C)c1ccc(C[NH+](C)Cn2nc(-c3ccc(F)cc3)n(C)c2=S)cc1. The molecule has 6 heteroatoms. The molecule has 0 aliphatic heterocycles. The van der Waals surface area contributed by atoms with Gasteiger partial charge in [-0.25, -0.2) is 4.39 Å². The molecule has 1 aromatic heterocycles. The van der Waals surface area contributed by atoms with Crippen molar-refractivity contribution in [3.63, 3.8) is 0 Å². The van der Waals surface area contributed by atoms with Gasteiger partial charge in [0.05, 0.1) is 7.05 Å². The van der Waals surface area contributed by atoms with Crippen LogP contribution < -0.4 is 4.90 Å². The predicted octanol–water partition coefficient (Wildman–Crippen LogP) is 3.55. The zero-order valence-electron chi connectivity index (χ0n) is 16.2. The first kappa shape index (κ1) is 19.5. The van der Waals surface area contributed by atoms with Crippen molar-refractivity contribution >= 4 is 12.2 Å². The van der Waals surface area contributed by atoms with Crippen molar-refractivity contribution in [2.24, 2.45) is 7.05 Å². The molecule has 1 atom stereocenters. The molecule has 0 aliphatic carbocycles. The number of rotatable bonds is 6. The molecule has 142 valence electrons. The van der Waals surface area contributed by atoms with E-state index >= 15 is 0 Å². The molecule has 0 spiro atoms. The monoisotopic (exact) mass is 385 g/mol. The third-order valence-electron chi connectivity index (χ3n) is 4.72. The fourth-order valence-electron chi connectivity index (χ4n) is 3.12. The summed E-state index contributed by atoms with van der Waals surface area (Å²) in [7, 11) is 4.02.